The molecule has 2 aromatic carbocycles. The number of halogens is 2. The predicted octanol–water partition coefficient (Wildman–Crippen LogP) is 3.32. The molecule has 1 N–H and O–H groups in total. The second-order valence-corrected chi connectivity index (χ2v) is 7.94. The lowest BCUT2D eigenvalue weighted by atomic mass is 10.2. The second-order valence-electron chi connectivity index (χ2n) is 5.26. The predicted molar refractivity (Wildman–Crippen MR) is 97.5 cm³/mol. The van der Waals surface area contributed by atoms with Crippen molar-refractivity contribution >= 4 is 42.4 Å². The van der Waals surface area contributed by atoms with Crippen molar-refractivity contribution in [3.8, 4) is 0 Å². The van der Waals surface area contributed by atoms with E-state index in [1.165, 1.54) is 30.5 Å². The van der Waals surface area contributed by atoms with Gasteiger partial charge in [-0.1, -0.05) is 18.2 Å². The summed E-state index contributed by atoms with van der Waals surface area (Å²) in [5.74, 6) is -0.557. The minimum atomic E-state index is -4.03. The molecule has 0 amide bonds. The number of rotatable bonds is 5. The Labute approximate surface area is 152 Å². The van der Waals surface area contributed by atoms with Crippen LogP contribution in [0.3, 0.4) is 0 Å². The number of pyridine rings is 1. The number of aliphatic hydroxyl groups excluding tert-OH is 1. The van der Waals surface area contributed by atoms with Crippen molar-refractivity contribution in [1.82, 2.24) is 4.98 Å². The highest BCUT2D eigenvalue weighted by Crippen LogP contribution is 2.33. The Balaban J connectivity index is 2.23. The van der Waals surface area contributed by atoms with Gasteiger partial charge in [0.1, 0.15) is 5.82 Å². The molecule has 0 aliphatic rings. The molecule has 0 bridgehead atoms. The zero-order valence-corrected chi connectivity index (χ0v) is 15.3. The average molecular weight is 425 g/mol. The van der Waals surface area contributed by atoms with Gasteiger partial charge in [-0.05, 0) is 40.2 Å². The molecule has 1 aromatic heterocycles. The number of hydrogen-bond donors (Lipinski definition) is 1. The first kappa shape index (κ1) is 17.8. The molecule has 8 heteroatoms. The van der Waals surface area contributed by atoms with Gasteiger partial charge in [0, 0.05) is 27.6 Å². The smallest absolute Gasteiger partial charge is 0.265 e. The van der Waals surface area contributed by atoms with Crippen LogP contribution < -0.4 is 4.31 Å². The van der Waals surface area contributed by atoms with Crippen molar-refractivity contribution in [2.75, 3.05) is 17.5 Å². The molecule has 0 saturated carbocycles. The minimum Gasteiger partial charge on any atom is -0.394 e. The zero-order valence-electron chi connectivity index (χ0n) is 12.9. The van der Waals surface area contributed by atoms with Crippen LogP contribution in [0.25, 0.3) is 10.8 Å². The van der Waals surface area contributed by atoms with Crippen LogP contribution in [0.15, 0.2) is 64.2 Å². The summed E-state index contributed by atoms with van der Waals surface area (Å²) in [6.07, 6.45) is 3.08. The Bertz CT molecular complexity index is 1020. The Morgan fingerprint density at radius 1 is 1.16 bits per heavy atom. The molecule has 0 saturated heterocycles. The molecule has 0 fully saturated rings. The van der Waals surface area contributed by atoms with E-state index in [1.54, 1.807) is 18.3 Å². The fourth-order valence-corrected chi connectivity index (χ4v) is 4.98. The third kappa shape index (κ3) is 3.37. The summed E-state index contributed by atoms with van der Waals surface area (Å²) < 4.78 is 41.6. The van der Waals surface area contributed by atoms with Gasteiger partial charge in [0.2, 0.25) is 0 Å². The molecule has 0 aliphatic heterocycles. The first-order valence-corrected chi connectivity index (χ1v) is 9.60. The van der Waals surface area contributed by atoms with Gasteiger partial charge < -0.3 is 5.11 Å². The van der Waals surface area contributed by atoms with E-state index in [1.807, 2.05) is 0 Å². The van der Waals surface area contributed by atoms with Crippen molar-refractivity contribution in [3.05, 3.63) is 65.1 Å². The van der Waals surface area contributed by atoms with Crippen molar-refractivity contribution in [2.24, 2.45) is 0 Å². The van der Waals surface area contributed by atoms with Crippen molar-refractivity contribution in [3.63, 3.8) is 0 Å². The van der Waals surface area contributed by atoms with Crippen LogP contribution in [0.4, 0.5) is 10.1 Å². The molecule has 0 atom stereocenters. The quantitative estimate of drug-likeness (QED) is 0.681. The number of nitrogens with zero attached hydrogens (tertiary/aromatic N) is 2. The number of hydrogen-bond acceptors (Lipinski definition) is 4. The molecule has 130 valence electrons. The number of aromatic nitrogens is 1. The fraction of sp³-hybridized carbons (Fsp3) is 0.118. The van der Waals surface area contributed by atoms with E-state index in [2.05, 4.69) is 20.9 Å². The van der Waals surface area contributed by atoms with E-state index in [0.29, 0.717) is 15.2 Å². The molecule has 25 heavy (non-hydrogen) atoms. The van der Waals surface area contributed by atoms with E-state index in [4.69, 9.17) is 0 Å². The summed E-state index contributed by atoms with van der Waals surface area (Å²) in [5.41, 5.74) is 0.149. The number of fused-ring (bicyclic) bond motifs is 1. The zero-order chi connectivity index (χ0) is 18.0. The van der Waals surface area contributed by atoms with Crippen LogP contribution in [0.5, 0.6) is 0 Å². The average Bonchev–Trinajstić information content (AvgIpc) is 2.59. The fourth-order valence-electron chi connectivity index (χ4n) is 2.60. The van der Waals surface area contributed by atoms with E-state index in [9.17, 15) is 17.9 Å². The number of anilines is 1. The molecule has 3 rings (SSSR count). The Hall–Kier alpha value is -2.03. The van der Waals surface area contributed by atoms with E-state index in [0.717, 1.165) is 10.4 Å². The third-order valence-electron chi connectivity index (χ3n) is 3.67. The summed E-state index contributed by atoms with van der Waals surface area (Å²) in [4.78, 5) is 4.09. The van der Waals surface area contributed by atoms with Crippen LogP contribution in [-0.4, -0.2) is 31.7 Å². The topological polar surface area (TPSA) is 70.5 Å². The van der Waals surface area contributed by atoms with Gasteiger partial charge in [-0.15, -0.1) is 0 Å². The number of aliphatic hydroxyl groups is 1. The Kier molecular flexibility index (Phi) is 5.03. The maximum Gasteiger partial charge on any atom is 0.265 e. The maximum absolute atomic E-state index is 13.6. The lowest BCUT2D eigenvalue weighted by molar-refractivity contribution is 0.306. The van der Waals surface area contributed by atoms with Crippen LogP contribution in [-0.2, 0) is 10.0 Å². The van der Waals surface area contributed by atoms with Crippen LogP contribution in [0.1, 0.15) is 0 Å². The largest absolute Gasteiger partial charge is 0.394 e. The first-order valence-electron chi connectivity index (χ1n) is 7.36. The van der Waals surface area contributed by atoms with Gasteiger partial charge in [-0.2, -0.15) is 0 Å². The van der Waals surface area contributed by atoms with Gasteiger partial charge >= 0.3 is 0 Å². The summed E-state index contributed by atoms with van der Waals surface area (Å²) >= 11 is 3.34. The molecule has 1 heterocycles. The highest BCUT2D eigenvalue weighted by molar-refractivity contribution is 9.10. The highest BCUT2D eigenvalue weighted by Gasteiger charge is 2.27. The van der Waals surface area contributed by atoms with E-state index < -0.39 is 22.4 Å². The summed E-state index contributed by atoms with van der Waals surface area (Å²) in [5, 5.41) is 10.5. The van der Waals surface area contributed by atoms with Crippen LogP contribution in [0.2, 0.25) is 0 Å². The first-order chi connectivity index (χ1) is 11.9. The van der Waals surface area contributed by atoms with Gasteiger partial charge in [0.25, 0.3) is 10.0 Å². The van der Waals surface area contributed by atoms with Crippen molar-refractivity contribution < 1.29 is 17.9 Å². The van der Waals surface area contributed by atoms with Gasteiger partial charge in [0.05, 0.1) is 23.7 Å². The normalized spacial score (nSPS) is 11.6. The third-order valence-corrected chi connectivity index (χ3v) is 6.14. The molecular weight excluding hydrogens is 411 g/mol. The summed E-state index contributed by atoms with van der Waals surface area (Å²) in [6.45, 7) is -0.589. The summed E-state index contributed by atoms with van der Waals surface area (Å²) in [7, 11) is -4.03. The van der Waals surface area contributed by atoms with Gasteiger partial charge in [-0.25, -0.2) is 12.8 Å². The molecule has 3 aromatic rings. The highest BCUT2D eigenvalue weighted by atomic mass is 79.9. The molecule has 0 aliphatic carbocycles. The maximum atomic E-state index is 13.6. The number of benzene rings is 2. The molecular formula is C17H14BrFN2O3S. The molecule has 0 spiro atoms. The lowest BCUT2D eigenvalue weighted by Crippen LogP contribution is -2.33. The monoisotopic (exact) mass is 424 g/mol. The number of sulfonamides is 1. The second kappa shape index (κ2) is 7.07. The molecule has 5 nitrogen and oxygen atoms in total. The van der Waals surface area contributed by atoms with Crippen molar-refractivity contribution in [2.45, 2.75) is 4.90 Å². The summed E-state index contributed by atoms with van der Waals surface area (Å²) in [6, 6.07) is 10.1. The standard InChI is InChI=1S/C17H14BrFN2O3S/c18-15-11-20-10-12-3-1-6-16(17(12)15)25(23,24)21(7-8-22)14-5-2-4-13(19)9-14/h1-6,9-11,22H,7-8H2. The van der Waals surface area contributed by atoms with Crippen LogP contribution >= 0.6 is 15.9 Å². The van der Waals surface area contributed by atoms with E-state index >= 15 is 0 Å². The lowest BCUT2D eigenvalue weighted by Gasteiger charge is -2.24. The van der Waals surface area contributed by atoms with E-state index in [-0.39, 0.29) is 17.1 Å². The van der Waals surface area contributed by atoms with Gasteiger partial charge in [0.15, 0.2) is 0 Å². The Morgan fingerprint density at radius 2 is 1.92 bits per heavy atom. The van der Waals surface area contributed by atoms with Crippen LogP contribution in [0, 0.1) is 5.82 Å². The molecule has 0 radical (unpaired) electrons. The molecule has 0 unspecified atom stereocenters. The Morgan fingerprint density at radius 3 is 2.64 bits per heavy atom. The minimum absolute atomic E-state index is 0.0528. The van der Waals surface area contributed by atoms with Crippen molar-refractivity contribution in [1.29, 1.82) is 0 Å². The van der Waals surface area contributed by atoms with Gasteiger partial charge in [-0.3, -0.25) is 9.29 Å². The SMILES string of the molecule is O=S(=O)(c1cccc2cncc(Br)c12)N(CCO)c1cccc(F)c1.